The van der Waals surface area contributed by atoms with Gasteiger partial charge in [0.1, 0.15) is 0 Å². The summed E-state index contributed by atoms with van der Waals surface area (Å²) < 4.78 is 0. The Labute approximate surface area is 142 Å². The quantitative estimate of drug-likeness (QED) is 0.470. The maximum atomic E-state index is 12.0. The highest BCUT2D eigenvalue weighted by molar-refractivity contribution is 6.36. The van der Waals surface area contributed by atoms with E-state index < -0.39 is 4.92 Å². The first-order valence-electron chi connectivity index (χ1n) is 6.69. The second-order valence-corrected chi connectivity index (χ2v) is 5.45. The van der Waals surface area contributed by atoms with Crippen molar-refractivity contribution in [2.45, 2.75) is 0 Å². The Bertz CT molecular complexity index is 720. The molecule has 2 rings (SSSR count). The molecule has 0 aliphatic heterocycles. The Morgan fingerprint density at radius 3 is 2.39 bits per heavy atom. The smallest absolute Gasteiger partial charge is 0.269 e. The lowest BCUT2D eigenvalue weighted by Crippen LogP contribution is -2.28. The molecule has 23 heavy (non-hydrogen) atoms. The number of carbonyl (C=O) groups excluding carboxylic acids is 1. The van der Waals surface area contributed by atoms with Gasteiger partial charge in [0.05, 0.1) is 15.5 Å². The molecule has 0 spiro atoms. The van der Waals surface area contributed by atoms with Gasteiger partial charge in [0, 0.05) is 35.9 Å². The number of rotatable bonds is 6. The van der Waals surface area contributed by atoms with Gasteiger partial charge in [-0.25, -0.2) is 0 Å². The number of anilines is 1. The number of carbonyl (C=O) groups is 1. The summed E-state index contributed by atoms with van der Waals surface area (Å²) in [5.41, 5.74) is 1.11. The molecule has 0 fully saturated rings. The van der Waals surface area contributed by atoms with Crippen LogP contribution in [0.15, 0.2) is 42.5 Å². The zero-order valence-electron chi connectivity index (χ0n) is 11.9. The van der Waals surface area contributed by atoms with Crippen molar-refractivity contribution in [3.05, 3.63) is 68.2 Å². The molecule has 0 saturated heterocycles. The largest absolute Gasteiger partial charge is 0.383 e. The van der Waals surface area contributed by atoms with Gasteiger partial charge in [0.25, 0.3) is 11.6 Å². The van der Waals surface area contributed by atoms with Crippen LogP contribution in [-0.4, -0.2) is 23.9 Å². The predicted molar refractivity (Wildman–Crippen MR) is 90.4 cm³/mol. The molecule has 2 N–H and O–H groups in total. The minimum Gasteiger partial charge on any atom is -0.383 e. The molecule has 6 nitrogen and oxygen atoms in total. The number of non-ortho nitro benzene ring substituents is 1. The topological polar surface area (TPSA) is 84.3 Å². The van der Waals surface area contributed by atoms with E-state index in [1.54, 1.807) is 24.3 Å². The summed E-state index contributed by atoms with van der Waals surface area (Å²) in [7, 11) is 0. The molecule has 0 saturated carbocycles. The van der Waals surface area contributed by atoms with Crippen molar-refractivity contribution >= 4 is 40.5 Å². The minimum atomic E-state index is -0.458. The Hall–Kier alpha value is -2.31. The Morgan fingerprint density at radius 2 is 1.78 bits per heavy atom. The zero-order valence-corrected chi connectivity index (χ0v) is 13.4. The van der Waals surface area contributed by atoms with Crippen LogP contribution in [-0.2, 0) is 0 Å². The molecule has 8 heteroatoms. The van der Waals surface area contributed by atoms with Crippen molar-refractivity contribution in [2.75, 3.05) is 18.4 Å². The molecule has 0 radical (unpaired) electrons. The van der Waals surface area contributed by atoms with E-state index in [4.69, 9.17) is 23.2 Å². The first-order valence-corrected chi connectivity index (χ1v) is 7.44. The second-order valence-electron chi connectivity index (χ2n) is 4.61. The summed E-state index contributed by atoms with van der Waals surface area (Å²) in [4.78, 5) is 22.1. The standard InChI is InChI=1S/C15H13Cl2N3O3/c16-10-1-6-13(14(17)9-10)15(21)19-8-7-18-11-2-4-12(5-3-11)20(22)23/h1-6,9,18H,7-8H2,(H,19,21). The van der Waals surface area contributed by atoms with E-state index in [-0.39, 0.29) is 11.6 Å². The van der Waals surface area contributed by atoms with Crippen molar-refractivity contribution < 1.29 is 9.72 Å². The third kappa shape index (κ3) is 4.84. The van der Waals surface area contributed by atoms with Crippen LogP contribution in [0.5, 0.6) is 0 Å². The number of nitrogens with zero attached hydrogens (tertiary/aromatic N) is 1. The van der Waals surface area contributed by atoms with Crippen LogP contribution < -0.4 is 10.6 Å². The summed E-state index contributed by atoms with van der Waals surface area (Å²) in [6, 6.07) is 10.7. The average molecular weight is 354 g/mol. The number of benzene rings is 2. The van der Waals surface area contributed by atoms with E-state index >= 15 is 0 Å². The van der Waals surface area contributed by atoms with Crippen LogP contribution in [0.2, 0.25) is 10.0 Å². The maximum Gasteiger partial charge on any atom is 0.269 e. The number of amides is 1. The van der Waals surface area contributed by atoms with Gasteiger partial charge >= 0.3 is 0 Å². The number of nitrogens with one attached hydrogen (secondary N) is 2. The van der Waals surface area contributed by atoms with Gasteiger partial charge in [-0.2, -0.15) is 0 Å². The van der Waals surface area contributed by atoms with Crippen LogP contribution in [0.25, 0.3) is 0 Å². The van der Waals surface area contributed by atoms with E-state index in [1.165, 1.54) is 18.2 Å². The molecule has 0 aromatic heterocycles. The lowest BCUT2D eigenvalue weighted by molar-refractivity contribution is -0.384. The fourth-order valence-corrected chi connectivity index (χ4v) is 2.35. The first-order chi connectivity index (χ1) is 11.0. The van der Waals surface area contributed by atoms with E-state index in [0.29, 0.717) is 28.7 Å². The third-order valence-corrected chi connectivity index (χ3v) is 3.54. The van der Waals surface area contributed by atoms with Crippen LogP contribution in [0.4, 0.5) is 11.4 Å². The minimum absolute atomic E-state index is 0.0289. The van der Waals surface area contributed by atoms with Crippen molar-refractivity contribution in [3.8, 4) is 0 Å². The van der Waals surface area contributed by atoms with E-state index in [9.17, 15) is 14.9 Å². The molecule has 0 aliphatic carbocycles. The third-order valence-electron chi connectivity index (χ3n) is 2.99. The first kappa shape index (κ1) is 17.1. The average Bonchev–Trinajstić information content (AvgIpc) is 2.51. The Balaban J connectivity index is 1.80. The van der Waals surface area contributed by atoms with Gasteiger partial charge in [-0.3, -0.25) is 14.9 Å². The van der Waals surface area contributed by atoms with E-state index in [2.05, 4.69) is 10.6 Å². The van der Waals surface area contributed by atoms with Crippen LogP contribution in [0, 0.1) is 10.1 Å². The van der Waals surface area contributed by atoms with Crippen molar-refractivity contribution in [1.82, 2.24) is 5.32 Å². The normalized spacial score (nSPS) is 10.2. The Morgan fingerprint density at radius 1 is 1.09 bits per heavy atom. The van der Waals surface area contributed by atoms with Gasteiger partial charge in [0.15, 0.2) is 0 Å². The molecule has 1 amide bonds. The molecule has 0 unspecified atom stereocenters. The number of hydrogen-bond acceptors (Lipinski definition) is 4. The molecule has 0 bridgehead atoms. The van der Waals surface area contributed by atoms with E-state index in [0.717, 1.165) is 5.69 Å². The molecule has 0 aliphatic rings. The van der Waals surface area contributed by atoms with Crippen molar-refractivity contribution in [2.24, 2.45) is 0 Å². The van der Waals surface area contributed by atoms with Gasteiger partial charge in [-0.05, 0) is 30.3 Å². The predicted octanol–water partition coefficient (Wildman–Crippen LogP) is 3.74. The molecule has 0 atom stereocenters. The summed E-state index contributed by atoms with van der Waals surface area (Å²) in [5.74, 6) is -0.294. The summed E-state index contributed by atoms with van der Waals surface area (Å²) in [6.07, 6.45) is 0. The highest BCUT2D eigenvalue weighted by Gasteiger charge is 2.10. The summed E-state index contributed by atoms with van der Waals surface area (Å²) in [5, 5.41) is 17.1. The van der Waals surface area contributed by atoms with Crippen LogP contribution >= 0.6 is 23.2 Å². The summed E-state index contributed by atoms with van der Waals surface area (Å²) >= 11 is 11.7. The SMILES string of the molecule is O=C(NCCNc1ccc([N+](=O)[O-])cc1)c1ccc(Cl)cc1Cl. The number of halogens is 2. The highest BCUT2D eigenvalue weighted by atomic mass is 35.5. The highest BCUT2D eigenvalue weighted by Crippen LogP contribution is 2.20. The molecule has 0 heterocycles. The van der Waals surface area contributed by atoms with Gasteiger partial charge in [-0.1, -0.05) is 23.2 Å². The lowest BCUT2D eigenvalue weighted by atomic mass is 10.2. The van der Waals surface area contributed by atoms with E-state index in [1.807, 2.05) is 0 Å². The molecule has 2 aromatic carbocycles. The second kappa shape index (κ2) is 7.80. The maximum absolute atomic E-state index is 12.0. The number of hydrogen-bond donors (Lipinski definition) is 2. The molecular formula is C15H13Cl2N3O3. The number of nitro groups is 1. The fourth-order valence-electron chi connectivity index (χ4n) is 1.85. The molecule has 2 aromatic rings. The van der Waals surface area contributed by atoms with Crippen LogP contribution in [0.3, 0.4) is 0 Å². The molecule has 120 valence electrons. The molecular weight excluding hydrogens is 341 g/mol. The van der Waals surface area contributed by atoms with Crippen molar-refractivity contribution in [1.29, 1.82) is 0 Å². The van der Waals surface area contributed by atoms with Gasteiger partial charge < -0.3 is 10.6 Å². The van der Waals surface area contributed by atoms with Gasteiger partial charge in [0.2, 0.25) is 0 Å². The zero-order chi connectivity index (χ0) is 16.8. The fraction of sp³-hybridized carbons (Fsp3) is 0.133. The van der Waals surface area contributed by atoms with Crippen molar-refractivity contribution in [3.63, 3.8) is 0 Å². The number of nitro benzene ring substituents is 1. The monoisotopic (exact) mass is 353 g/mol. The van der Waals surface area contributed by atoms with Crippen LogP contribution in [0.1, 0.15) is 10.4 Å². The van der Waals surface area contributed by atoms with Gasteiger partial charge in [-0.15, -0.1) is 0 Å². The summed E-state index contributed by atoms with van der Waals surface area (Å²) in [6.45, 7) is 0.837. The Kier molecular flexibility index (Phi) is 5.78. The lowest BCUT2D eigenvalue weighted by Gasteiger charge is -2.09.